The summed E-state index contributed by atoms with van der Waals surface area (Å²) in [6, 6.07) is 20.3. The molecule has 0 fully saturated rings. The van der Waals surface area contributed by atoms with Crippen LogP contribution in [-0.4, -0.2) is 34.3 Å². The number of hydrogen-bond acceptors (Lipinski definition) is 8. The van der Waals surface area contributed by atoms with Gasteiger partial charge in [-0.1, -0.05) is 65.9 Å². The molecule has 0 amide bonds. The van der Waals surface area contributed by atoms with Gasteiger partial charge in [0, 0.05) is 33.1 Å². The topological polar surface area (TPSA) is 91.9 Å². The van der Waals surface area contributed by atoms with E-state index in [2.05, 4.69) is 0 Å². The highest BCUT2D eigenvalue weighted by atomic mass is 32.1. The molecule has 0 saturated carbocycles. The summed E-state index contributed by atoms with van der Waals surface area (Å²) in [4.78, 5) is 46.1. The number of rotatable bonds is 8. The molecular formula is C32H27N3O5S2. The van der Waals surface area contributed by atoms with Gasteiger partial charge < -0.3 is 14.0 Å². The zero-order valence-corrected chi connectivity index (χ0v) is 24.6. The first kappa shape index (κ1) is 27.6. The Morgan fingerprint density at radius 2 is 1.74 bits per heavy atom. The van der Waals surface area contributed by atoms with Crippen LogP contribution in [0, 0.1) is 0 Å². The Bertz CT molecular complexity index is 2000. The van der Waals surface area contributed by atoms with Crippen molar-refractivity contribution in [2.45, 2.75) is 26.4 Å². The fourth-order valence-corrected chi connectivity index (χ4v) is 6.98. The molecule has 212 valence electrons. The molecular weight excluding hydrogens is 571 g/mol. The number of para-hydroxylation sites is 1. The van der Waals surface area contributed by atoms with Gasteiger partial charge >= 0.3 is 11.9 Å². The van der Waals surface area contributed by atoms with Crippen molar-refractivity contribution in [2.75, 3.05) is 13.2 Å². The number of fused-ring (bicyclic) bond motifs is 2. The van der Waals surface area contributed by atoms with Gasteiger partial charge in [0.15, 0.2) is 4.80 Å². The summed E-state index contributed by atoms with van der Waals surface area (Å²) in [7, 11) is 0. The number of nitrogens with zero attached hydrogens (tertiary/aromatic N) is 3. The predicted molar refractivity (Wildman–Crippen MR) is 164 cm³/mol. The van der Waals surface area contributed by atoms with E-state index in [1.54, 1.807) is 18.4 Å². The maximum atomic E-state index is 14.1. The standard InChI is InChI=1S/C32H27N3O5S2/c1-3-39-26(36)19-34-18-21(22-13-8-9-14-23(22)34)17-25-30(37)35-29(24-15-10-16-41-24)27(31(38)40-4-2)28(33-32(35)42-25)20-11-6-5-7-12-20/h5-18,29H,3-4,19H2,1-2H3/b25-17-/t29-/m0/s1. The molecule has 3 aromatic heterocycles. The van der Waals surface area contributed by atoms with Crippen LogP contribution in [0.5, 0.6) is 0 Å². The van der Waals surface area contributed by atoms with Gasteiger partial charge in [-0.2, -0.15) is 0 Å². The molecule has 1 atom stereocenters. The number of benzene rings is 2. The van der Waals surface area contributed by atoms with E-state index in [1.807, 2.05) is 89.0 Å². The van der Waals surface area contributed by atoms with Crippen LogP contribution in [0.1, 0.15) is 35.9 Å². The first-order chi connectivity index (χ1) is 20.5. The molecule has 10 heteroatoms. The van der Waals surface area contributed by atoms with Crippen molar-refractivity contribution in [3.63, 3.8) is 0 Å². The van der Waals surface area contributed by atoms with Crippen molar-refractivity contribution in [3.05, 3.63) is 120 Å². The SMILES string of the molecule is CCOC(=O)Cn1cc(/C=c2\sc3n(c2=O)[C@@H](c2cccs2)C(C(=O)OCC)=C(c2ccccc2)N=3)c2ccccc21. The van der Waals surface area contributed by atoms with Crippen LogP contribution in [0.15, 0.2) is 93.7 Å². The van der Waals surface area contributed by atoms with Gasteiger partial charge in [-0.25, -0.2) is 9.79 Å². The Morgan fingerprint density at radius 3 is 2.48 bits per heavy atom. The van der Waals surface area contributed by atoms with Gasteiger partial charge in [0.05, 0.1) is 29.0 Å². The lowest BCUT2D eigenvalue weighted by molar-refractivity contribution is -0.143. The summed E-state index contributed by atoms with van der Waals surface area (Å²) >= 11 is 2.74. The van der Waals surface area contributed by atoms with E-state index < -0.39 is 12.0 Å². The average Bonchev–Trinajstić information content (AvgIpc) is 3.72. The molecule has 0 spiro atoms. The summed E-state index contributed by atoms with van der Waals surface area (Å²) in [5.41, 5.74) is 2.98. The zero-order chi connectivity index (χ0) is 29.2. The molecule has 4 heterocycles. The number of aromatic nitrogens is 2. The smallest absolute Gasteiger partial charge is 0.338 e. The molecule has 0 N–H and O–H groups in total. The number of ether oxygens (including phenoxy) is 2. The molecule has 0 aliphatic carbocycles. The highest BCUT2D eigenvalue weighted by Gasteiger charge is 2.35. The molecule has 0 radical (unpaired) electrons. The summed E-state index contributed by atoms with van der Waals surface area (Å²) < 4.78 is 14.6. The Morgan fingerprint density at radius 1 is 0.976 bits per heavy atom. The zero-order valence-electron chi connectivity index (χ0n) is 23.0. The molecule has 0 saturated heterocycles. The van der Waals surface area contributed by atoms with Crippen LogP contribution < -0.4 is 14.9 Å². The van der Waals surface area contributed by atoms with Gasteiger partial charge in [0.2, 0.25) is 0 Å². The first-order valence-electron chi connectivity index (χ1n) is 13.6. The maximum Gasteiger partial charge on any atom is 0.338 e. The Hall–Kier alpha value is -4.54. The third-order valence-electron chi connectivity index (χ3n) is 6.90. The first-order valence-corrected chi connectivity index (χ1v) is 15.2. The van der Waals surface area contributed by atoms with Crippen LogP contribution in [0.2, 0.25) is 0 Å². The molecule has 1 aliphatic heterocycles. The second-order valence-electron chi connectivity index (χ2n) is 9.48. The normalized spacial score (nSPS) is 15.0. The minimum Gasteiger partial charge on any atom is -0.465 e. The van der Waals surface area contributed by atoms with E-state index >= 15 is 0 Å². The molecule has 5 aromatic rings. The fraction of sp³-hybridized carbons (Fsp3) is 0.188. The van der Waals surface area contributed by atoms with Crippen molar-refractivity contribution in [1.29, 1.82) is 0 Å². The van der Waals surface area contributed by atoms with E-state index in [-0.39, 0.29) is 24.7 Å². The second-order valence-corrected chi connectivity index (χ2v) is 11.5. The number of thiophene rings is 1. The van der Waals surface area contributed by atoms with Crippen molar-refractivity contribution in [2.24, 2.45) is 4.99 Å². The Kier molecular flexibility index (Phi) is 7.73. The molecule has 6 rings (SSSR count). The van der Waals surface area contributed by atoms with Gasteiger partial charge in [-0.3, -0.25) is 14.2 Å². The van der Waals surface area contributed by atoms with Crippen LogP contribution >= 0.6 is 22.7 Å². The molecule has 1 aliphatic rings. The van der Waals surface area contributed by atoms with Crippen molar-refractivity contribution < 1.29 is 19.1 Å². The quantitative estimate of drug-likeness (QED) is 0.246. The number of carbonyl (C=O) groups is 2. The predicted octanol–water partition coefficient (Wildman–Crippen LogP) is 4.51. The van der Waals surface area contributed by atoms with Crippen LogP contribution in [0.4, 0.5) is 0 Å². The van der Waals surface area contributed by atoms with E-state index in [0.29, 0.717) is 27.2 Å². The molecule has 8 nitrogen and oxygen atoms in total. The highest BCUT2D eigenvalue weighted by molar-refractivity contribution is 7.10. The van der Waals surface area contributed by atoms with Gasteiger partial charge in [0.1, 0.15) is 12.6 Å². The molecule has 42 heavy (non-hydrogen) atoms. The Labute approximate surface area is 249 Å². The third-order valence-corrected chi connectivity index (χ3v) is 8.80. The van der Waals surface area contributed by atoms with Crippen molar-refractivity contribution in [1.82, 2.24) is 9.13 Å². The molecule has 0 unspecified atom stereocenters. The van der Waals surface area contributed by atoms with E-state index in [4.69, 9.17) is 14.5 Å². The lowest BCUT2D eigenvalue weighted by Crippen LogP contribution is -2.39. The lowest BCUT2D eigenvalue weighted by Gasteiger charge is -2.24. The largest absolute Gasteiger partial charge is 0.465 e. The molecule has 2 aromatic carbocycles. The average molecular weight is 598 g/mol. The monoisotopic (exact) mass is 597 g/mol. The number of hydrogen-bond donors (Lipinski definition) is 0. The number of esters is 2. The maximum absolute atomic E-state index is 14.1. The lowest BCUT2D eigenvalue weighted by atomic mass is 9.97. The van der Waals surface area contributed by atoms with E-state index in [9.17, 15) is 14.4 Å². The minimum absolute atomic E-state index is 0.0607. The van der Waals surface area contributed by atoms with Crippen LogP contribution in [0.25, 0.3) is 22.7 Å². The summed E-state index contributed by atoms with van der Waals surface area (Å²) in [6.45, 7) is 4.09. The van der Waals surface area contributed by atoms with E-state index in [0.717, 1.165) is 26.9 Å². The minimum atomic E-state index is -0.692. The van der Waals surface area contributed by atoms with Gasteiger partial charge in [0.25, 0.3) is 5.56 Å². The number of carbonyl (C=O) groups excluding carboxylic acids is 2. The van der Waals surface area contributed by atoms with E-state index in [1.165, 1.54) is 22.7 Å². The molecule has 0 bridgehead atoms. The second kappa shape index (κ2) is 11.8. The third kappa shape index (κ3) is 5.03. The highest BCUT2D eigenvalue weighted by Crippen LogP contribution is 2.36. The van der Waals surface area contributed by atoms with Crippen molar-refractivity contribution in [3.8, 4) is 0 Å². The van der Waals surface area contributed by atoms with Gasteiger partial charge in [-0.15, -0.1) is 11.3 Å². The van der Waals surface area contributed by atoms with Crippen molar-refractivity contribution >= 4 is 57.3 Å². The van der Waals surface area contributed by atoms with Gasteiger partial charge in [-0.05, 0) is 37.4 Å². The Balaban J connectivity index is 1.58. The van der Waals surface area contributed by atoms with Crippen LogP contribution in [-0.2, 0) is 25.6 Å². The van der Waals surface area contributed by atoms with Crippen LogP contribution in [0.3, 0.4) is 0 Å². The summed E-state index contributed by atoms with van der Waals surface area (Å²) in [6.07, 6.45) is 3.69. The summed E-state index contributed by atoms with van der Waals surface area (Å²) in [5.74, 6) is -0.838. The number of thiazole rings is 1. The summed E-state index contributed by atoms with van der Waals surface area (Å²) in [5, 5.41) is 2.83. The fourth-order valence-electron chi connectivity index (χ4n) is 5.16.